The average molecular weight is 371 g/mol. The normalized spacial score (nSPS) is 10.3. The first-order chi connectivity index (χ1) is 8.56. The van der Waals surface area contributed by atoms with Crippen molar-refractivity contribution in [3.05, 3.63) is 51.6 Å². The van der Waals surface area contributed by atoms with Crippen LogP contribution in [0, 0.1) is 3.57 Å². The van der Waals surface area contributed by atoms with Crippen molar-refractivity contribution in [3.63, 3.8) is 0 Å². The molecule has 0 heterocycles. The van der Waals surface area contributed by atoms with Crippen LogP contribution in [0.15, 0.2) is 52.3 Å². The largest absolute Gasteiger partial charge is 0.478 e. The molecule has 0 aliphatic heterocycles. The van der Waals surface area contributed by atoms with Crippen molar-refractivity contribution in [2.45, 2.75) is 9.79 Å². The van der Waals surface area contributed by atoms with Crippen molar-refractivity contribution in [3.8, 4) is 0 Å². The molecule has 0 aliphatic carbocycles. The van der Waals surface area contributed by atoms with E-state index in [4.69, 9.17) is 10.8 Å². The minimum absolute atomic E-state index is 0.298. The summed E-state index contributed by atoms with van der Waals surface area (Å²) >= 11 is 3.82. The van der Waals surface area contributed by atoms with Crippen molar-refractivity contribution in [1.82, 2.24) is 0 Å². The zero-order chi connectivity index (χ0) is 13.1. The summed E-state index contributed by atoms with van der Waals surface area (Å²) in [5.41, 5.74) is 6.73. The number of hydrogen-bond donors (Lipinski definition) is 2. The van der Waals surface area contributed by atoms with Crippen LogP contribution in [0.1, 0.15) is 10.4 Å². The lowest BCUT2D eigenvalue weighted by Crippen LogP contribution is -1.94. The number of carboxylic acids is 1. The molecule has 0 saturated carbocycles. The van der Waals surface area contributed by atoms with E-state index < -0.39 is 5.97 Å². The van der Waals surface area contributed by atoms with Gasteiger partial charge in [-0.25, -0.2) is 4.79 Å². The zero-order valence-electron chi connectivity index (χ0n) is 9.26. The van der Waals surface area contributed by atoms with Gasteiger partial charge in [0.25, 0.3) is 0 Å². The lowest BCUT2D eigenvalue weighted by molar-refractivity contribution is 0.0697. The van der Waals surface area contributed by atoms with Crippen LogP contribution in [-0.4, -0.2) is 11.1 Å². The van der Waals surface area contributed by atoms with Crippen LogP contribution in [0.2, 0.25) is 0 Å². The number of rotatable bonds is 3. The monoisotopic (exact) mass is 371 g/mol. The number of halogens is 1. The van der Waals surface area contributed by atoms with Crippen LogP contribution in [0.4, 0.5) is 5.69 Å². The van der Waals surface area contributed by atoms with Gasteiger partial charge in [-0.3, -0.25) is 0 Å². The minimum atomic E-state index is -0.909. The van der Waals surface area contributed by atoms with Crippen molar-refractivity contribution < 1.29 is 9.90 Å². The van der Waals surface area contributed by atoms with E-state index in [0.717, 1.165) is 19.0 Å². The standard InChI is InChI=1S/C13H10INO2S/c14-11-7-9(15)3-6-12(11)18-10-4-1-8(2-5-10)13(16)17/h1-7H,15H2,(H,16,17). The molecule has 3 N–H and O–H groups in total. The number of aromatic carboxylic acids is 1. The van der Waals surface area contributed by atoms with Crippen molar-refractivity contribution in [2.24, 2.45) is 0 Å². The highest BCUT2D eigenvalue weighted by molar-refractivity contribution is 14.1. The number of benzene rings is 2. The molecule has 0 aromatic heterocycles. The van der Waals surface area contributed by atoms with Gasteiger partial charge in [0.05, 0.1) is 5.56 Å². The fourth-order valence-corrected chi connectivity index (χ4v) is 3.08. The SMILES string of the molecule is Nc1ccc(Sc2ccc(C(=O)O)cc2)c(I)c1. The molecule has 0 saturated heterocycles. The van der Waals surface area contributed by atoms with Gasteiger partial charge < -0.3 is 10.8 Å². The quantitative estimate of drug-likeness (QED) is 0.638. The Morgan fingerprint density at radius 3 is 2.39 bits per heavy atom. The molecule has 18 heavy (non-hydrogen) atoms. The van der Waals surface area contributed by atoms with E-state index in [1.54, 1.807) is 36.0 Å². The summed E-state index contributed by atoms with van der Waals surface area (Å²) in [7, 11) is 0. The number of carbonyl (C=O) groups is 1. The third kappa shape index (κ3) is 3.17. The Balaban J connectivity index is 2.21. The van der Waals surface area contributed by atoms with Gasteiger partial charge >= 0.3 is 5.97 Å². The molecule has 0 fully saturated rings. The second-order valence-corrected chi connectivity index (χ2v) is 5.90. The van der Waals surface area contributed by atoms with Gasteiger partial charge in [0.1, 0.15) is 0 Å². The molecule has 0 unspecified atom stereocenters. The van der Waals surface area contributed by atoms with E-state index in [1.165, 1.54) is 0 Å². The number of nitrogen functional groups attached to an aromatic ring is 1. The Morgan fingerprint density at radius 1 is 1.17 bits per heavy atom. The second kappa shape index (κ2) is 5.62. The van der Waals surface area contributed by atoms with Gasteiger partial charge in [0.2, 0.25) is 0 Å². The molecule has 0 atom stereocenters. The van der Waals surface area contributed by atoms with Gasteiger partial charge in [-0.2, -0.15) is 0 Å². The number of anilines is 1. The maximum absolute atomic E-state index is 10.7. The summed E-state index contributed by atoms with van der Waals surface area (Å²) in [4.78, 5) is 12.8. The van der Waals surface area contributed by atoms with Crippen molar-refractivity contribution in [2.75, 3.05) is 5.73 Å². The first-order valence-corrected chi connectivity index (χ1v) is 7.02. The van der Waals surface area contributed by atoms with Crippen molar-refractivity contribution in [1.29, 1.82) is 0 Å². The smallest absolute Gasteiger partial charge is 0.335 e. The molecule has 0 radical (unpaired) electrons. The molecule has 5 heteroatoms. The summed E-state index contributed by atoms with van der Waals surface area (Å²) in [6.07, 6.45) is 0. The van der Waals surface area contributed by atoms with Crippen LogP contribution < -0.4 is 5.73 Å². The lowest BCUT2D eigenvalue weighted by Gasteiger charge is -2.05. The van der Waals surface area contributed by atoms with E-state index in [2.05, 4.69) is 22.6 Å². The van der Waals surface area contributed by atoms with Gasteiger partial charge in [-0.15, -0.1) is 0 Å². The first kappa shape index (κ1) is 13.2. The topological polar surface area (TPSA) is 63.3 Å². The molecular formula is C13H10INO2S. The number of nitrogens with two attached hydrogens (primary N) is 1. The molecule has 2 rings (SSSR count). The van der Waals surface area contributed by atoms with Crippen LogP contribution in [0.5, 0.6) is 0 Å². The minimum Gasteiger partial charge on any atom is -0.478 e. The summed E-state index contributed by atoms with van der Waals surface area (Å²) in [6.45, 7) is 0. The molecule has 0 bridgehead atoms. The number of hydrogen-bond acceptors (Lipinski definition) is 3. The maximum Gasteiger partial charge on any atom is 0.335 e. The van der Waals surface area contributed by atoms with Gasteiger partial charge in [0, 0.05) is 19.0 Å². The first-order valence-electron chi connectivity index (χ1n) is 5.12. The van der Waals surface area contributed by atoms with E-state index in [1.807, 2.05) is 18.2 Å². The Labute approximate surface area is 123 Å². The highest BCUT2D eigenvalue weighted by Crippen LogP contribution is 2.32. The highest BCUT2D eigenvalue weighted by Gasteiger charge is 2.05. The molecule has 92 valence electrons. The molecule has 2 aromatic carbocycles. The number of carboxylic acid groups (broad SMARTS) is 1. The summed E-state index contributed by atoms with van der Waals surface area (Å²) in [5, 5.41) is 8.82. The van der Waals surface area contributed by atoms with E-state index in [-0.39, 0.29) is 0 Å². The zero-order valence-corrected chi connectivity index (χ0v) is 12.2. The fraction of sp³-hybridized carbons (Fsp3) is 0. The van der Waals surface area contributed by atoms with Crippen LogP contribution >= 0.6 is 34.4 Å². The molecule has 0 spiro atoms. The Kier molecular flexibility index (Phi) is 4.13. The molecule has 0 aliphatic rings. The fourth-order valence-electron chi connectivity index (χ4n) is 1.39. The van der Waals surface area contributed by atoms with Gasteiger partial charge in [0.15, 0.2) is 0 Å². The van der Waals surface area contributed by atoms with Crippen LogP contribution in [0.3, 0.4) is 0 Å². The van der Waals surface area contributed by atoms with Gasteiger partial charge in [-0.1, -0.05) is 11.8 Å². The van der Waals surface area contributed by atoms with Crippen LogP contribution in [0.25, 0.3) is 0 Å². The Bertz CT molecular complexity index is 584. The third-order valence-electron chi connectivity index (χ3n) is 2.29. The average Bonchev–Trinajstić information content (AvgIpc) is 2.33. The maximum atomic E-state index is 10.7. The predicted molar refractivity (Wildman–Crippen MR) is 81.1 cm³/mol. The van der Waals surface area contributed by atoms with E-state index in [9.17, 15) is 4.79 Å². The van der Waals surface area contributed by atoms with E-state index >= 15 is 0 Å². The summed E-state index contributed by atoms with van der Waals surface area (Å²) in [5.74, 6) is -0.909. The van der Waals surface area contributed by atoms with Crippen LogP contribution in [-0.2, 0) is 0 Å². The summed E-state index contributed by atoms with van der Waals surface area (Å²) in [6, 6.07) is 12.6. The van der Waals surface area contributed by atoms with Gasteiger partial charge in [-0.05, 0) is 65.1 Å². The van der Waals surface area contributed by atoms with E-state index in [0.29, 0.717) is 5.56 Å². The Morgan fingerprint density at radius 2 is 1.83 bits per heavy atom. The predicted octanol–water partition coefficient (Wildman–Crippen LogP) is 3.72. The summed E-state index contributed by atoms with van der Waals surface area (Å²) < 4.78 is 1.08. The third-order valence-corrected chi connectivity index (χ3v) is 4.63. The lowest BCUT2D eigenvalue weighted by atomic mass is 10.2. The van der Waals surface area contributed by atoms with Crippen molar-refractivity contribution >= 4 is 46.0 Å². The molecule has 3 nitrogen and oxygen atoms in total. The molecule has 0 amide bonds. The Hall–Kier alpha value is -1.21. The molecule has 2 aromatic rings. The molecular weight excluding hydrogens is 361 g/mol. The highest BCUT2D eigenvalue weighted by atomic mass is 127. The second-order valence-electron chi connectivity index (χ2n) is 3.62.